The standard InChI is InChI=1S/C16H22N4O2S/c1-3-17-16(20-11-14-12(2)6-10-23-14)19-8-7-18-15(21)13-5-4-9-22-13/h4-6,9-10H,3,7-8,11H2,1-2H3,(H,18,21)(H2,17,19,20). The van der Waals surface area contributed by atoms with E-state index in [0.717, 1.165) is 12.5 Å². The number of nitrogens with one attached hydrogen (secondary N) is 3. The van der Waals surface area contributed by atoms with Gasteiger partial charge < -0.3 is 20.4 Å². The van der Waals surface area contributed by atoms with Gasteiger partial charge in [-0.25, -0.2) is 4.99 Å². The summed E-state index contributed by atoms with van der Waals surface area (Å²) in [5.41, 5.74) is 1.26. The molecule has 0 radical (unpaired) electrons. The molecule has 3 N–H and O–H groups in total. The summed E-state index contributed by atoms with van der Waals surface area (Å²) in [4.78, 5) is 17.5. The van der Waals surface area contributed by atoms with Crippen LogP contribution in [0.5, 0.6) is 0 Å². The maximum Gasteiger partial charge on any atom is 0.287 e. The fraction of sp³-hybridized carbons (Fsp3) is 0.375. The van der Waals surface area contributed by atoms with Gasteiger partial charge in [0.15, 0.2) is 11.7 Å². The van der Waals surface area contributed by atoms with E-state index in [2.05, 4.69) is 39.3 Å². The monoisotopic (exact) mass is 334 g/mol. The number of carbonyl (C=O) groups excluding carboxylic acids is 1. The zero-order valence-corrected chi connectivity index (χ0v) is 14.2. The number of amides is 1. The van der Waals surface area contributed by atoms with Crippen LogP contribution in [0.2, 0.25) is 0 Å². The topological polar surface area (TPSA) is 78.7 Å². The Bertz CT molecular complexity index is 634. The molecule has 0 saturated heterocycles. The van der Waals surface area contributed by atoms with Crippen molar-refractivity contribution in [2.75, 3.05) is 19.6 Å². The molecule has 0 saturated carbocycles. The molecular formula is C16H22N4O2S. The van der Waals surface area contributed by atoms with E-state index >= 15 is 0 Å². The summed E-state index contributed by atoms with van der Waals surface area (Å²) in [6.07, 6.45) is 1.48. The molecule has 23 heavy (non-hydrogen) atoms. The quantitative estimate of drug-likeness (QED) is 0.412. The van der Waals surface area contributed by atoms with E-state index in [0.29, 0.717) is 25.4 Å². The van der Waals surface area contributed by atoms with Gasteiger partial charge in [-0.15, -0.1) is 11.3 Å². The molecule has 1 amide bonds. The first-order chi connectivity index (χ1) is 11.2. The average molecular weight is 334 g/mol. The van der Waals surface area contributed by atoms with Gasteiger partial charge in [-0.1, -0.05) is 0 Å². The number of carbonyl (C=O) groups is 1. The molecule has 0 spiro atoms. The van der Waals surface area contributed by atoms with Crippen molar-refractivity contribution in [1.82, 2.24) is 16.0 Å². The van der Waals surface area contributed by atoms with Crippen LogP contribution in [0.3, 0.4) is 0 Å². The fourth-order valence-corrected chi connectivity index (χ4v) is 2.74. The highest BCUT2D eigenvalue weighted by Crippen LogP contribution is 2.16. The Morgan fingerprint density at radius 3 is 2.74 bits per heavy atom. The zero-order chi connectivity index (χ0) is 16.5. The minimum Gasteiger partial charge on any atom is -0.459 e. The van der Waals surface area contributed by atoms with Crippen LogP contribution in [0.1, 0.15) is 27.9 Å². The van der Waals surface area contributed by atoms with Crippen LogP contribution in [0, 0.1) is 6.92 Å². The number of hydrogen-bond acceptors (Lipinski definition) is 4. The van der Waals surface area contributed by atoms with Crippen molar-refractivity contribution in [3.8, 4) is 0 Å². The van der Waals surface area contributed by atoms with Crippen molar-refractivity contribution in [2.24, 2.45) is 4.99 Å². The predicted molar refractivity (Wildman–Crippen MR) is 92.9 cm³/mol. The van der Waals surface area contributed by atoms with E-state index in [-0.39, 0.29) is 5.91 Å². The second kappa shape index (κ2) is 8.99. The van der Waals surface area contributed by atoms with Gasteiger partial charge in [-0.2, -0.15) is 0 Å². The molecule has 6 nitrogen and oxygen atoms in total. The summed E-state index contributed by atoms with van der Waals surface area (Å²) in [6.45, 7) is 6.62. The molecule has 0 atom stereocenters. The summed E-state index contributed by atoms with van der Waals surface area (Å²) in [6, 6.07) is 5.42. The van der Waals surface area contributed by atoms with Gasteiger partial charge >= 0.3 is 0 Å². The molecule has 124 valence electrons. The van der Waals surface area contributed by atoms with Gasteiger partial charge in [0.25, 0.3) is 5.91 Å². The largest absolute Gasteiger partial charge is 0.459 e. The molecule has 0 bridgehead atoms. The first-order valence-corrected chi connectivity index (χ1v) is 8.45. The third kappa shape index (κ3) is 5.45. The van der Waals surface area contributed by atoms with Crippen LogP contribution in [0.4, 0.5) is 0 Å². The first kappa shape index (κ1) is 17.1. The first-order valence-electron chi connectivity index (χ1n) is 7.57. The highest BCUT2D eigenvalue weighted by molar-refractivity contribution is 7.10. The van der Waals surface area contributed by atoms with E-state index in [1.54, 1.807) is 23.5 Å². The molecule has 2 aromatic rings. The number of rotatable bonds is 7. The highest BCUT2D eigenvalue weighted by atomic mass is 32.1. The smallest absolute Gasteiger partial charge is 0.287 e. The van der Waals surface area contributed by atoms with Crippen LogP contribution in [0.15, 0.2) is 39.3 Å². The Balaban J connectivity index is 1.76. The third-order valence-electron chi connectivity index (χ3n) is 3.14. The van der Waals surface area contributed by atoms with E-state index in [9.17, 15) is 4.79 Å². The molecule has 0 aliphatic rings. The van der Waals surface area contributed by atoms with Gasteiger partial charge in [0.2, 0.25) is 0 Å². The molecule has 2 rings (SSSR count). The third-order valence-corrected chi connectivity index (χ3v) is 4.15. The summed E-state index contributed by atoms with van der Waals surface area (Å²) < 4.78 is 5.04. The molecule has 0 aliphatic carbocycles. The van der Waals surface area contributed by atoms with Crippen molar-refractivity contribution in [3.05, 3.63) is 46.0 Å². The Morgan fingerprint density at radius 2 is 2.09 bits per heavy atom. The number of hydrogen-bond donors (Lipinski definition) is 3. The lowest BCUT2D eigenvalue weighted by Crippen LogP contribution is -2.41. The Hall–Kier alpha value is -2.28. The predicted octanol–water partition coefficient (Wildman–Crippen LogP) is 2.13. The summed E-state index contributed by atoms with van der Waals surface area (Å²) in [5, 5.41) is 11.3. The van der Waals surface area contributed by atoms with Gasteiger partial charge in [0, 0.05) is 24.5 Å². The van der Waals surface area contributed by atoms with Crippen molar-refractivity contribution < 1.29 is 9.21 Å². The maximum absolute atomic E-state index is 11.7. The van der Waals surface area contributed by atoms with E-state index in [1.165, 1.54) is 16.7 Å². The Kier molecular flexibility index (Phi) is 6.68. The molecule has 7 heteroatoms. The highest BCUT2D eigenvalue weighted by Gasteiger charge is 2.07. The zero-order valence-electron chi connectivity index (χ0n) is 13.4. The Labute approximate surface area is 140 Å². The van der Waals surface area contributed by atoms with E-state index < -0.39 is 0 Å². The number of aliphatic imine (C=N–C) groups is 1. The molecule has 2 heterocycles. The molecule has 2 aromatic heterocycles. The summed E-state index contributed by atoms with van der Waals surface area (Å²) >= 11 is 1.71. The summed E-state index contributed by atoms with van der Waals surface area (Å²) in [7, 11) is 0. The molecule has 0 fully saturated rings. The molecule has 0 aliphatic heterocycles. The minimum absolute atomic E-state index is 0.215. The lowest BCUT2D eigenvalue weighted by molar-refractivity contribution is 0.0926. The van der Waals surface area contributed by atoms with Crippen LogP contribution in [-0.4, -0.2) is 31.5 Å². The van der Waals surface area contributed by atoms with Crippen molar-refractivity contribution in [2.45, 2.75) is 20.4 Å². The lowest BCUT2D eigenvalue weighted by atomic mass is 10.3. The molecule has 0 aromatic carbocycles. The van der Waals surface area contributed by atoms with Crippen LogP contribution in [0.25, 0.3) is 0 Å². The van der Waals surface area contributed by atoms with Crippen LogP contribution in [-0.2, 0) is 6.54 Å². The number of guanidine groups is 1. The number of aryl methyl sites for hydroxylation is 1. The van der Waals surface area contributed by atoms with Gasteiger partial charge in [-0.05, 0) is 43.0 Å². The molecule has 0 unspecified atom stereocenters. The number of nitrogens with zero attached hydrogens (tertiary/aromatic N) is 1. The van der Waals surface area contributed by atoms with Crippen molar-refractivity contribution >= 4 is 23.2 Å². The summed E-state index contributed by atoms with van der Waals surface area (Å²) in [5.74, 6) is 0.847. The number of thiophene rings is 1. The van der Waals surface area contributed by atoms with Crippen molar-refractivity contribution in [1.29, 1.82) is 0 Å². The maximum atomic E-state index is 11.7. The fourth-order valence-electron chi connectivity index (χ4n) is 1.91. The van der Waals surface area contributed by atoms with E-state index in [4.69, 9.17) is 4.42 Å². The second-order valence-corrected chi connectivity index (χ2v) is 5.88. The SMILES string of the molecule is CCNC(=NCc1sccc1C)NCCNC(=O)c1ccco1. The number of furan rings is 1. The normalized spacial score (nSPS) is 11.3. The molecular weight excluding hydrogens is 312 g/mol. The van der Waals surface area contributed by atoms with Gasteiger partial charge in [-0.3, -0.25) is 4.79 Å². The van der Waals surface area contributed by atoms with Crippen LogP contribution < -0.4 is 16.0 Å². The Morgan fingerprint density at radius 1 is 1.26 bits per heavy atom. The second-order valence-electron chi connectivity index (χ2n) is 4.88. The van der Waals surface area contributed by atoms with E-state index in [1.807, 2.05) is 6.92 Å². The van der Waals surface area contributed by atoms with Gasteiger partial charge in [0.05, 0.1) is 12.8 Å². The van der Waals surface area contributed by atoms with Gasteiger partial charge in [0.1, 0.15) is 0 Å². The minimum atomic E-state index is -0.215. The van der Waals surface area contributed by atoms with Crippen molar-refractivity contribution in [3.63, 3.8) is 0 Å². The van der Waals surface area contributed by atoms with Crippen LogP contribution >= 0.6 is 11.3 Å². The average Bonchev–Trinajstić information content (AvgIpc) is 3.20. The lowest BCUT2D eigenvalue weighted by Gasteiger charge is -2.11.